The van der Waals surface area contributed by atoms with Gasteiger partial charge in [0.25, 0.3) is 0 Å². The molecule has 0 fully saturated rings. The fourth-order valence-corrected chi connectivity index (χ4v) is 3.95. The lowest BCUT2D eigenvalue weighted by atomic mass is 10.1. The van der Waals surface area contributed by atoms with E-state index in [1.165, 1.54) is 12.1 Å². The average Bonchev–Trinajstić information content (AvgIpc) is 3.02. The van der Waals surface area contributed by atoms with Gasteiger partial charge in [0.1, 0.15) is 17.3 Å². The van der Waals surface area contributed by atoms with Gasteiger partial charge in [0.05, 0.1) is 19.8 Å². The van der Waals surface area contributed by atoms with Gasteiger partial charge in [0, 0.05) is 36.1 Å². The Morgan fingerprint density at radius 2 is 1.78 bits per heavy atom. The smallest absolute Gasteiger partial charge is 0.337 e. The minimum Gasteiger partial charge on any atom is -0.497 e. The Bertz CT molecular complexity index is 1090. The van der Waals surface area contributed by atoms with Gasteiger partial charge in [-0.2, -0.15) is 0 Å². The Morgan fingerprint density at radius 1 is 1.06 bits per heavy atom. The highest BCUT2D eigenvalue weighted by Gasteiger charge is 2.22. The van der Waals surface area contributed by atoms with Crippen LogP contribution in [0.15, 0.2) is 42.5 Å². The molecule has 0 bridgehead atoms. The number of methoxy groups -OCH3 is 2. The maximum absolute atomic E-state index is 13.2. The Morgan fingerprint density at radius 3 is 2.41 bits per heavy atom. The highest BCUT2D eigenvalue weighted by Crippen LogP contribution is 2.26. The quantitative estimate of drug-likeness (QED) is 0.459. The second-order valence-corrected chi connectivity index (χ2v) is 7.65. The van der Waals surface area contributed by atoms with Gasteiger partial charge in [0.15, 0.2) is 0 Å². The Labute approximate surface area is 187 Å². The number of carboxylic acids is 1. The van der Waals surface area contributed by atoms with Crippen LogP contribution in [0.3, 0.4) is 0 Å². The van der Waals surface area contributed by atoms with Crippen LogP contribution in [0, 0.1) is 19.7 Å². The number of hydrogen-bond acceptors (Lipinski definition) is 4. The van der Waals surface area contributed by atoms with Crippen molar-refractivity contribution in [2.24, 2.45) is 0 Å². The molecule has 3 rings (SSSR count). The minimum atomic E-state index is -0.947. The number of halogens is 1. The molecule has 0 aliphatic rings. The summed E-state index contributed by atoms with van der Waals surface area (Å²) in [6, 6.07) is 12.0. The summed E-state index contributed by atoms with van der Waals surface area (Å²) < 4.78 is 25.9. The van der Waals surface area contributed by atoms with E-state index < -0.39 is 5.97 Å². The summed E-state index contributed by atoms with van der Waals surface area (Å²) in [5.41, 5.74) is 4.61. The highest BCUT2D eigenvalue weighted by atomic mass is 19.1. The molecule has 0 saturated carbocycles. The van der Waals surface area contributed by atoms with Crippen LogP contribution < -0.4 is 14.8 Å². The van der Waals surface area contributed by atoms with Crippen LogP contribution in [-0.4, -0.2) is 36.4 Å². The van der Waals surface area contributed by atoms with Crippen LogP contribution in [0.2, 0.25) is 0 Å². The molecule has 3 aromatic rings. The van der Waals surface area contributed by atoms with Gasteiger partial charge >= 0.3 is 5.97 Å². The number of aromatic carboxylic acids is 1. The number of nitrogens with one attached hydrogen (secondary N) is 1. The van der Waals surface area contributed by atoms with E-state index in [9.17, 15) is 14.3 Å². The average molecular weight is 441 g/mol. The number of benzene rings is 2. The SMILES string of the molecule is COc1ccc(CCNCc2c(C(=O)O)c(C)n(Cc3ccc(F)cc3)c2C)c(OC)c1. The van der Waals surface area contributed by atoms with E-state index in [1.54, 1.807) is 26.4 Å². The Balaban J connectivity index is 1.73. The van der Waals surface area contributed by atoms with Crippen molar-refractivity contribution >= 4 is 5.97 Å². The molecule has 0 atom stereocenters. The molecular formula is C25H29FN2O4. The molecule has 0 amide bonds. The lowest BCUT2D eigenvalue weighted by molar-refractivity contribution is 0.0694. The van der Waals surface area contributed by atoms with Crippen molar-refractivity contribution in [1.82, 2.24) is 9.88 Å². The van der Waals surface area contributed by atoms with Crippen molar-refractivity contribution in [2.45, 2.75) is 33.4 Å². The summed E-state index contributed by atoms with van der Waals surface area (Å²) in [7, 11) is 3.24. The first-order chi connectivity index (χ1) is 15.3. The number of aromatic nitrogens is 1. The molecule has 2 N–H and O–H groups in total. The van der Waals surface area contributed by atoms with E-state index in [0.29, 0.717) is 30.9 Å². The topological polar surface area (TPSA) is 72.7 Å². The molecule has 1 aromatic heterocycles. The number of rotatable bonds is 10. The molecule has 6 nitrogen and oxygen atoms in total. The number of carbonyl (C=O) groups is 1. The normalized spacial score (nSPS) is 10.9. The molecule has 7 heteroatoms. The molecule has 32 heavy (non-hydrogen) atoms. The molecular weight excluding hydrogens is 411 g/mol. The van der Waals surface area contributed by atoms with Crippen LogP contribution in [0.25, 0.3) is 0 Å². The van der Waals surface area contributed by atoms with E-state index in [2.05, 4.69) is 5.32 Å². The molecule has 0 aliphatic carbocycles. The van der Waals surface area contributed by atoms with Crippen molar-refractivity contribution in [2.75, 3.05) is 20.8 Å². The molecule has 0 aliphatic heterocycles. The van der Waals surface area contributed by atoms with Gasteiger partial charge in [-0.1, -0.05) is 18.2 Å². The fraction of sp³-hybridized carbons (Fsp3) is 0.320. The number of hydrogen-bond donors (Lipinski definition) is 2. The lowest BCUT2D eigenvalue weighted by Crippen LogP contribution is -2.19. The molecule has 0 radical (unpaired) electrons. The summed E-state index contributed by atoms with van der Waals surface area (Å²) in [5, 5.41) is 13.2. The third-order valence-electron chi connectivity index (χ3n) is 5.75. The number of nitrogens with zero attached hydrogens (tertiary/aromatic N) is 1. The van der Waals surface area contributed by atoms with E-state index in [0.717, 1.165) is 40.3 Å². The van der Waals surface area contributed by atoms with Gasteiger partial charge in [-0.05, 0) is 56.1 Å². The first-order valence-electron chi connectivity index (χ1n) is 10.4. The van der Waals surface area contributed by atoms with Gasteiger partial charge in [-0.15, -0.1) is 0 Å². The van der Waals surface area contributed by atoms with Crippen molar-refractivity contribution < 1.29 is 23.8 Å². The summed E-state index contributed by atoms with van der Waals surface area (Å²) in [6.45, 7) is 5.31. The maximum Gasteiger partial charge on any atom is 0.337 e. The summed E-state index contributed by atoms with van der Waals surface area (Å²) in [6.07, 6.45) is 0.726. The molecule has 170 valence electrons. The first-order valence-corrected chi connectivity index (χ1v) is 10.4. The molecule has 2 aromatic carbocycles. The zero-order valence-corrected chi connectivity index (χ0v) is 18.9. The van der Waals surface area contributed by atoms with Crippen molar-refractivity contribution in [3.05, 3.63) is 81.9 Å². The van der Waals surface area contributed by atoms with Crippen molar-refractivity contribution in [3.8, 4) is 11.5 Å². The van der Waals surface area contributed by atoms with E-state index in [4.69, 9.17) is 9.47 Å². The van der Waals surface area contributed by atoms with Gasteiger partial charge in [0.2, 0.25) is 0 Å². The second kappa shape index (κ2) is 10.3. The van der Waals surface area contributed by atoms with E-state index >= 15 is 0 Å². The zero-order chi connectivity index (χ0) is 23.3. The van der Waals surface area contributed by atoms with Gasteiger partial charge < -0.3 is 24.5 Å². The predicted molar refractivity (Wildman–Crippen MR) is 121 cm³/mol. The van der Waals surface area contributed by atoms with Crippen LogP contribution in [0.1, 0.15) is 38.4 Å². The molecule has 0 saturated heterocycles. The van der Waals surface area contributed by atoms with Crippen LogP contribution >= 0.6 is 0 Å². The third-order valence-corrected chi connectivity index (χ3v) is 5.75. The first kappa shape index (κ1) is 23.3. The van der Waals surface area contributed by atoms with Crippen molar-refractivity contribution in [1.29, 1.82) is 0 Å². The highest BCUT2D eigenvalue weighted by molar-refractivity contribution is 5.91. The number of carboxylic acid groups (broad SMARTS) is 1. The summed E-state index contributed by atoms with van der Waals surface area (Å²) >= 11 is 0. The van der Waals surface area contributed by atoms with Crippen molar-refractivity contribution in [3.63, 3.8) is 0 Å². The van der Waals surface area contributed by atoms with Crippen LogP contribution in [0.5, 0.6) is 11.5 Å². The standard InChI is InChI=1S/C25H29FN2O4/c1-16-22(14-27-12-11-19-7-10-21(31-3)13-23(19)32-4)24(25(29)30)17(2)28(16)15-18-5-8-20(26)9-6-18/h5-10,13,27H,11-12,14-15H2,1-4H3,(H,29,30). The maximum atomic E-state index is 13.2. The van der Waals surface area contributed by atoms with Crippen LogP contribution in [-0.2, 0) is 19.5 Å². The Hall–Kier alpha value is -3.32. The van der Waals surface area contributed by atoms with Gasteiger partial charge in [-0.25, -0.2) is 9.18 Å². The van der Waals surface area contributed by atoms with E-state index in [-0.39, 0.29) is 5.82 Å². The zero-order valence-electron chi connectivity index (χ0n) is 18.9. The number of ether oxygens (including phenoxy) is 2. The molecule has 1 heterocycles. The second-order valence-electron chi connectivity index (χ2n) is 7.65. The fourth-order valence-electron chi connectivity index (χ4n) is 3.95. The Kier molecular flexibility index (Phi) is 7.53. The monoisotopic (exact) mass is 440 g/mol. The third kappa shape index (κ3) is 5.11. The summed E-state index contributed by atoms with van der Waals surface area (Å²) in [4.78, 5) is 12.0. The minimum absolute atomic E-state index is 0.292. The molecule has 0 spiro atoms. The van der Waals surface area contributed by atoms with E-state index in [1.807, 2.05) is 36.6 Å². The van der Waals surface area contributed by atoms with Gasteiger partial charge in [-0.3, -0.25) is 0 Å². The lowest BCUT2D eigenvalue weighted by Gasteiger charge is -2.12. The predicted octanol–water partition coefficient (Wildman–Crippen LogP) is 4.34. The summed E-state index contributed by atoms with van der Waals surface area (Å²) in [5.74, 6) is 0.254. The largest absolute Gasteiger partial charge is 0.497 e. The van der Waals surface area contributed by atoms with Crippen LogP contribution in [0.4, 0.5) is 4.39 Å². The molecule has 0 unspecified atom stereocenters.